The van der Waals surface area contributed by atoms with E-state index >= 15 is 0 Å². The molecule has 3 atom stereocenters. The molecule has 0 aromatic carbocycles. The fourth-order valence-corrected chi connectivity index (χ4v) is 3.62. The van der Waals surface area contributed by atoms with E-state index < -0.39 is 5.60 Å². The Labute approximate surface area is 142 Å². The van der Waals surface area contributed by atoms with Crippen LogP contribution in [0.3, 0.4) is 0 Å². The van der Waals surface area contributed by atoms with Crippen molar-refractivity contribution in [3.8, 4) is 0 Å². The van der Waals surface area contributed by atoms with Gasteiger partial charge in [-0.1, -0.05) is 26.2 Å². The highest BCUT2D eigenvalue weighted by molar-refractivity contribution is 5.67. The molecule has 1 amide bonds. The predicted octanol–water partition coefficient (Wildman–Crippen LogP) is 4.24. The van der Waals surface area contributed by atoms with Crippen LogP contribution >= 0.6 is 0 Å². The van der Waals surface area contributed by atoms with Crippen LogP contribution in [-0.4, -0.2) is 30.3 Å². The van der Waals surface area contributed by atoms with Gasteiger partial charge in [-0.3, -0.25) is 0 Å². The third kappa shape index (κ3) is 7.11. The molecule has 4 heteroatoms. The minimum absolute atomic E-state index is 0.295. The highest BCUT2D eigenvalue weighted by Crippen LogP contribution is 2.34. The Morgan fingerprint density at radius 2 is 1.87 bits per heavy atom. The summed E-state index contributed by atoms with van der Waals surface area (Å²) in [5, 5.41) is 6.81. The van der Waals surface area contributed by atoms with Crippen molar-refractivity contribution >= 4 is 6.09 Å². The zero-order valence-electron chi connectivity index (χ0n) is 15.5. The Morgan fingerprint density at radius 1 is 1.13 bits per heavy atom. The van der Waals surface area contributed by atoms with Gasteiger partial charge in [0.05, 0.1) is 0 Å². The van der Waals surface area contributed by atoms with Crippen molar-refractivity contribution in [1.29, 1.82) is 0 Å². The number of carbonyl (C=O) groups is 1. The van der Waals surface area contributed by atoms with Crippen molar-refractivity contribution in [3.05, 3.63) is 0 Å². The van der Waals surface area contributed by atoms with Gasteiger partial charge in [-0.25, -0.2) is 4.79 Å². The molecule has 0 aromatic rings. The first-order chi connectivity index (χ1) is 10.9. The average Bonchev–Trinajstić information content (AvgIpc) is 3.28. The summed E-state index contributed by atoms with van der Waals surface area (Å²) in [4.78, 5) is 11.9. The van der Waals surface area contributed by atoms with E-state index in [-0.39, 0.29) is 6.09 Å². The quantitative estimate of drug-likeness (QED) is 0.719. The van der Waals surface area contributed by atoms with Crippen LogP contribution in [0.4, 0.5) is 4.79 Å². The first-order valence-electron chi connectivity index (χ1n) is 9.60. The molecule has 0 saturated heterocycles. The third-order valence-corrected chi connectivity index (χ3v) is 5.17. The van der Waals surface area contributed by atoms with Crippen molar-refractivity contribution < 1.29 is 9.53 Å². The van der Waals surface area contributed by atoms with E-state index in [1.165, 1.54) is 51.4 Å². The molecule has 0 bridgehead atoms. The van der Waals surface area contributed by atoms with E-state index in [1.54, 1.807) is 0 Å². The number of hydrogen-bond donors (Lipinski definition) is 2. The topological polar surface area (TPSA) is 50.4 Å². The summed E-state index contributed by atoms with van der Waals surface area (Å²) >= 11 is 0. The summed E-state index contributed by atoms with van der Waals surface area (Å²) in [6.07, 6.45) is 10.3. The van der Waals surface area contributed by atoms with Gasteiger partial charge in [-0.15, -0.1) is 0 Å². The molecule has 2 N–H and O–H groups in total. The maximum atomic E-state index is 11.9. The highest BCUT2D eigenvalue weighted by Gasteiger charge is 2.33. The molecule has 2 aliphatic rings. The van der Waals surface area contributed by atoms with Gasteiger partial charge in [0.15, 0.2) is 0 Å². The molecule has 0 aliphatic heterocycles. The van der Waals surface area contributed by atoms with Gasteiger partial charge in [-0.05, 0) is 64.7 Å². The smallest absolute Gasteiger partial charge is 0.407 e. The first-order valence-corrected chi connectivity index (χ1v) is 9.60. The Morgan fingerprint density at radius 3 is 2.48 bits per heavy atom. The van der Waals surface area contributed by atoms with Gasteiger partial charge >= 0.3 is 6.09 Å². The molecule has 2 saturated carbocycles. The lowest BCUT2D eigenvalue weighted by molar-refractivity contribution is 0.0520. The van der Waals surface area contributed by atoms with Crippen LogP contribution in [0.2, 0.25) is 0 Å². The maximum Gasteiger partial charge on any atom is 0.407 e. The second-order valence-electron chi connectivity index (χ2n) is 8.47. The van der Waals surface area contributed by atoms with Gasteiger partial charge < -0.3 is 15.4 Å². The van der Waals surface area contributed by atoms with Crippen molar-refractivity contribution in [3.63, 3.8) is 0 Å². The van der Waals surface area contributed by atoms with Crippen LogP contribution in [0.5, 0.6) is 0 Å². The van der Waals surface area contributed by atoms with E-state index in [0.717, 1.165) is 11.8 Å². The van der Waals surface area contributed by atoms with E-state index in [4.69, 9.17) is 4.74 Å². The zero-order valence-corrected chi connectivity index (χ0v) is 15.5. The Balaban J connectivity index is 1.77. The van der Waals surface area contributed by atoms with Crippen molar-refractivity contribution in [2.45, 2.75) is 96.7 Å². The van der Waals surface area contributed by atoms with E-state index in [1.807, 2.05) is 20.8 Å². The molecule has 134 valence electrons. The van der Waals surface area contributed by atoms with Crippen LogP contribution in [0, 0.1) is 11.8 Å². The minimum atomic E-state index is -0.428. The molecule has 3 unspecified atom stereocenters. The molecule has 0 radical (unpaired) electrons. The van der Waals surface area contributed by atoms with Crippen LogP contribution in [-0.2, 0) is 4.74 Å². The number of hydrogen-bond acceptors (Lipinski definition) is 3. The van der Waals surface area contributed by atoms with Crippen molar-refractivity contribution in [2.24, 2.45) is 11.8 Å². The Hall–Kier alpha value is -0.770. The van der Waals surface area contributed by atoms with Crippen LogP contribution in [0.25, 0.3) is 0 Å². The molecule has 4 nitrogen and oxygen atoms in total. The number of alkyl carbamates (subject to hydrolysis) is 1. The van der Waals surface area contributed by atoms with Crippen molar-refractivity contribution in [1.82, 2.24) is 10.6 Å². The van der Waals surface area contributed by atoms with E-state index in [2.05, 4.69) is 17.6 Å². The standard InChI is InChI=1S/C19H36N2O2/c1-5-14-7-6-8-16(12-9-14)21-17(15-10-11-15)13-20-18(22)23-19(2,3)4/h14-17,21H,5-13H2,1-4H3,(H,20,22). The second kappa shape index (κ2) is 8.36. The lowest BCUT2D eigenvalue weighted by atomic mass is 9.97. The van der Waals surface area contributed by atoms with E-state index in [0.29, 0.717) is 18.6 Å². The van der Waals surface area contributed by atoms with Gasteiger partial charge in [0.1, 0.15) is 5.60 Å². The lowest BCUT2D eigenvalue weighted by Crippen LogP contribution is -2.47. The Bertz CT molecular complexity index is 374. The summed E-state index contributed by atoms with van der Waals surface area (Å²) in [5.74, 6) is 1.65. The molecule has 0 aromatic heterocycles. The first kappa shape index (κ1) is 18.6. The lowest BCUT2D eigenvalue weighted by Gasteiger charge is -2.26. The molecule has 0 heterocycles. The van der Waals surface area contributed by atoms with Crippen molar-refractivity contribution in [2.75, 3.05) is 6.54 Å². The van der Waals surface area contributed by atoms with Crippen LogP contribution in [0.15, 0.2) is 0 Å². The minimum Gasteiger partial charge on any atom is -0.444 e. The SMILES string of the molecule is CCC1CCCC(NC(CNC(=O)OC(C)(C)C)C2CC2)CC1. The van der Waals surface area contributed by atoms with Crippen LogP contribution in [0.1, 0.15) is 79.1 Å². The number of rotatable bonds is 6. The highest BCUT2D eigenvalue weighted by atomic mass is 16.6. The molecule has 2 aliphatic carbocycles. The largest absolute Gasteiger partial charge is 0.444 e. The monoisotopic (exact) mass is 324 g/mol. The molecular formula is C19H36N2O2. The predicted molar refractivity (Wildman–Crippen MR) is 94.5 cm³/mol. The summed E-state index contributed by atoms with van der Waals surface area (Å²) in [6.45, 7) is 8.71. The zero-order chi connectivity index (χ0) is 16.9. The van der Waals surface area contributed by atoms with Gasteiger partial charge in [0.2, 0.25) is 0 Å². The summed E-state index contributed by atoms with van der Waals surface area (Å²) in [5.41, 5.74) is -0.428. The van der Waals surface area contributed by atoms with E-state index in [9.17, 15) is 4.79 Å². The van der Waals surface area contributed by atoms with Crippen LogP contribution < -0.4 is 10.6 Å². The molecule has 2 fully saturated rings. The molecule has 23 heavy (non-hydrogen) atoms. The molecule has 0 spiro atoms. The fraction of sp³-hybridized carbons (Fsp3) is 0.947. The number of carbonyl (C=O) groups excluding carboxylic acids is 1. The maximum absolute atomic E-state index is 11.9. The van der Waals surface area contributed by atoms with Gasteiger partial charge in [0.25, 0.3) is 0 Å². The number of ether oxygens (including phenoxy) is 1. The molecule has 2 rings (SSSR count). The summed E-state index contributed by atoms with van der Waals surface area (Å²) < 4.78 is 5.35. The average molecular weight is 325 g/mol. The Kier molecular flexibility index (Phi) is 6.75. The van der Waals surface area contributed by atoms with Gasteiger partial charge in [-0.2, -0.15) is 0 Å². The normalized spacial score (nSPS) is 27.1. The second-order valence-corrected chi connectivity index (χ2v) is 8.47. The summed E-state index contributed by atoms with van der Waals surface area (Å²) in [7, 11) is 0. The molecular weight excluding hydrogens is 288 g/mol. The third-order valence-electron chi connectivity index (χ3n) is 5.17. The summed E-state index contributed by atoms with van der Waals surface area (Å²) in [6, 6.07) is 1.03. The fourth-order valence-electron chi connectivity index (χ4n) is 3.62. The van der Waals surface area contributed by atoms with Gasteiger partial charge in [0, 0.05) is 18.6 Å². The number of amides is 1. The number of nitrogens with one attached hydrogen (secondary N) is 2.